The number of aryl methyl sites for hydroxylation is 1. The Balaban J connectivity index is 2.15. The van der Waals surface area contributed by atoms with Crippen molar-refractivity contribution in [3.63, 3.8) is 0 Å². The Labute approximate surface area is 127 Å². The van der Waals surface area contributed by atoms with E-state index in [9.17, 15) is 8.42 Å². The van der Waals surface area contributed by atoms with Gasteiger partial charge in [0, 0.05) is 39.1 Å². The van der Waals surface area contributed by atoms with Crippen LogP contribution in [-0.4, -0.2) is 55.5 Å². The molecule has 0 atom stereocenters. The molecule has 0 bridgehead atoms. The number of hydrogen-bond acceptors (Lipinski definition) is 4. The number of rotatable bonds is 12. The molecule has 0 fully saturated rings. The van der Waals surface area contributed by atoms with Crippen molar-refractivity contribution in [2.24, 2.45) is 0 Å². The predicted octanol–water partition coefficient (Wildman–Crippen LogP) is 0.429. The fourth-order valence-electron chi connectivity index (χ4n) is 1.84. The maximum absolute atomic E-state index is 12.0. The number of nitrogens with zero attached hydrogens (tertiary/aromatic N) is 3. The molecule has 7 nitrogen and oxygen atoms in total. The normalized spacial score (nSPS) is 12.1. The molecule has 0 aliphatic heterocycles. The molecule has 0 spiro atoms. The Hall–Kier alpha value is -0.960. The Bertz CT molecular complexity index is 461. The van der Waals surface area contributed by atoms with Crippen molar-refractivity contribution < 1.29 is 8.42 Å². The Kier molecular flexibility index (Phi) is 8.51. The standard InChI is InChI=1S/C13H27N5O2S/c1-3-6-14-7-4-10-17(2)21(19,20)16-8-5-11-18-12-9-15-13-18/h9,12-14,16H,3-8,10-11H2,1-2H3. The van der Waals surface area contributed by atoms with Crippen molar-refractivity contribution >= 4 is 10.2 Å². The van der Waals surface area contributed by atoms with Gasteiger partial charge in [-0.05, 0) is 32.4 Å². The number of nitrogens with one attached hydrogen (secondary N) is 2. The highest BCUT2D eigenvalue weighted by Crippen LogP contribution is 1.97. The summed E-state index contributed by atoms with van der Waals surface area (Å²) in [6.07, 6.45) is 7.94. The van der Waals surface area contributed by atoms with Gasteiger partial charge in [0.05, 0.1) is 6.33 Å². The number of imidazole rings is 1. The Morgan fingerprint density at radius 1 is 1.24 bits per heavy atom. The molecule has 1 heterocycles. The summed E-state index contributed by atoms with van der Waals surface area (Å²) >= 11 is 0. The molecule has 0 aliphatic rings. The number of aromatic nitrogens is 2. The van der Waals surface area contributed by atoms with Gasteiger partial charge < -0.3 is 9.88 Å². The van der Waals surface area contributed by atoms with Crippen molar-refractivity contribution in [1.29, 1.82) is 0 Å². The van der Waals surface area contributed by atoms with Crippen LogP contribution in [0, 0.1) is 0 Å². The largest absolute Gasteiger partial charge is 0.337 e. The maximum atomic E-state index is 12.0. The fourth-order valence-corrected chi connectivity index (χ4v) is 2.83. The maximum Gasteiger partial charge on any atom is 0.279 e. The minimum absolute atomic E-state index is 0.430. The van der Waals surface area contributed by atoms with Crippen molar-refractivity contribution in [1.82, 2.24) is 23.9 Å². The van der Waals surface area contributed by atoms with E-state index in [1.54, 1.807) is 19.6 Å². The quantitative estimate of drug-likeness (QED) is 0.548. The third kappa shape index (κ3) is 7.56. The van der Waals surface area contributed by atoms with Gasteiger partial charge >= 0.3 is 0 Å². The molecule has 0 amide bonds. The van der Waals surface area contributed by atoms with Crippen molar-refractivity contribution in [2.75, 3.05) is 33.2 Å². The van der Waals surface area contributed by atoms with Crippen LogP contribution in [0.1, 0.15) is 26.2 Å². The molecule has 2 N–H and O–H groups in total. The van der Waals surface area contributed by atoms with Crippen LogP contribution in [0.15, 0.2) is 18.7 Å². The topological polar surface area (TPSA) is 79.3 Å². The molecule has 1 aromatic heterocycles. The van der Waals surface area contributed by atoms with Gasteiger partial charge in [0.2, 0.25) is 0 Å². The van der Waals surface area contributed by atoms with E-state index in [1.807, 2.05) is 10.8 Å². The third-order valence-electron chi connectivity index (χ3n) is 3.10. The highest BCUT2D eigenvalue weighted by atomic mass is 32.2. The lowest BCUT2D eigenvalue weighted by atomic mass is 10.4. The molecule has 0 aliphatic carbocycles. The van der Waals surface area contributed by atoms with Crippen LogP contribution in [0.4, 0.5) is 0 Å². The summed E-state index contributed by atoms with van der Waals surface area (Å²) in [6, 6.07) is 0. The van der Waals surface area contributed by atoms with E-state index in [2.05, 4.69) is 21.9 Å². The average Bonchev–Trinajstić information content (AvgIpc) is 2.96. The average molecular weight is 317 g/mol. The third-order valence-corrected chi connectivity index (χ3v) is 4.67. The zero-order valence-electron chi connectivity index (χ0n) is 13.0. The molecule has 0 aromatic carbocycles. The Morgan fingerprint density at radius 2 is 2.05 bits per heavy atom. The summed E-state index contributed by atoms with van der Waals surface area (Å²) in [7, 11) is -1.75. The molecule has 0 saturated heterocycles. The SMILES string of the molecule is CCCNCCCN(C)S(=O)(=O)NCCCn1ccnc1. The van der Waals surface area contributed by atoms with Gasteiger partial charge in [-0.1, -0.05) is 6.92 Å². The summed E-state index contributed by atoms with van der Waals surface area (Å²) in [5.74, 6) is 0. The van der Waals surface area contributed by atoms with Gasteiger partial charge in [-0.15, -0.1) is 0 Å². The molecular formula is C13H27N5O2S. The second-order valence-electron chi connectivity index (χ2n) is 4.98. The second-order valence-corrected chi connectivity index (χ2v) is 6.84. The molecule has 8 heteroatoms. The molecule has 0 saturated carbocycles. The minimum Gasteiger partial charge on any atom is -0.337 e. The molecule has 122 valence electrons. The molecule has 0 unspecified atom stereocenters. The van der Waals surface area contributed by atoms with E-state index in [0.29, 0.717) is 13.1 Å². The van der Waals surface area contributed by atoms with Gasteiger partial charge in [-0.3, -0.25) is 0 Å². The van der Waals surface area contributed by atoms with Crippen LogP contribution in [-0.2, 0) is 16.8 Å². The molecule has 1 aromatic rings. The summed E-state index contributed by atoms with van der Waals surface area (Å²) in [5.41, 5.74) is 0. The van der Waals surface area contributed by atoms with Gasteiger partial charge in [0.15, 0.2) is 0 Å². The zero-order chi connectivity index (χ0) is 15.6. The number of hydrogen-bond donors (Lipinski definition) is 2. The van der Waals surface area contributed by atoms with Crippen LogP contribution < -0.4 is 10.0 Å². The van der Waals surface area contributed by atoms with E-state index in [0.717, 1.165) is 38.9 Å². The molecule has 0 radical (unpaired) electrons. The Morgan fingerprint density at radius 3 is 2.71 bits per heavy atom. The van der Waals surface area contributed by atoms with Crippen LogP contribution in [0.2, 0.25) is 0 Å². The van der Waals surface area contributed by atoms with E-state index in [1.165, 1.54) is 4.31 Å². The summed E-state index contributed by atoms with van der Waals surface area (Å²) in [6.45, 7) is 5.63. The highest BCUT2D eigenvalue weighted by Gasteiger charge is 2.15. The van der Waals surface area contributed by atoms with Crippen LogP contribution in [0.3, 0.4) is 0 Å². The van der Waals surface area contributed by atoms with Crippen LogP contribution >= 0.6 is 0 Å². The van der Waals surface area contributed by atoms with Gasteiger partial charge in [0.1, 0.15) is 0 Å². The van der Waals surface area contributed by atoms with Crippen molar-refractivity contribution in [3.8, 4) is 0 Å². The first-order valence-electron chi connectivity index (χ1n) is 7.43. The first kappa shape index (κ1) is 18.1. The lowest BCUT2D eigenvalue weighted by molar-refractivity contribution is 0.443. The minimum atomic E-state index is -3.36. The lowest BCUT2D eigenvalue weighted by Crippen LogP contribution is -2.40. The van der Waals surface area contributed by atoms with Crippen molar-refractivity contribution in [2.45, 2.75) is 32.7 Å². The monoisotopic (exact) mass is 317 g/mol. The van der Waals surface area contributed by atoms with Crippen molar-refractivity contribution in [3.05, 3.63) is 18.7 Å². The van der Waals surface area contributed by atoms with Gasteiger partial charge in [-0.2, -0.15) is 12.7 Å². The van der Waals surface area contributed by atoms with Crippen LogP contribution in [0.25, 0.3) is 0 Å². The summed E-state index contributed by atoms with van der Waals surface area (Å²) in [5, 5.41) is 3.26. The zero-order valence-corrected chi connectivity index (χ0v) is 13.8. The summed E-state index contributed by atoms with van der Waals surface area (Å²) in [4.78, 5) is 3.94. The summed E-state index contributed by atoms with van der Waals surface area (Å²) < 4.78 is 29.9. The highest BCUT2D eigenvalue weighted by molar-refractivity contribution is 7.87. The smallest absolute Gasteiger partial charge is 0.279 e. The molecular weight excluding hydrogens is 290 g/mol. The van der Waals surface area contributed by atoms with E-state index in [-0.39, 0.29) is 0 Å². The first-order chi connectivity index (χ1) is 10.1. The van der Waals surface area contributed by atoms with E-state index in [4.69, 9.17) is 0 Å². The molecule has 1 rings (SSSR count). The fraction of sp³-hybridized carbons (Fsp3) is 0.769. The first-order valence-corrected chi connectivity index (χ1v) is 8.87. The predicted molar refractivity (Wildman–Crippen MR) is 84.2 cm³/mol. The molecule has 21 heavy (non-hydrogen) atoms. The van der Waals surface area contributed by atoms with E-state index >= 15 is 0 Å². The lowest BCUT2D eigenvalue weighted by Gasteiger charge is -2.17. The van der Waals surface area contributed by atoms with Gasteiger partial charge in [0.25, 0.3) is 10.2 Å². The van der Waals surface area contributed by atoms with Crippen LogP contribution in [0.5, 0.6) is 0 Å². The van der Waals surface area contributed by atoms with E-state index < -0.39 is 10.2 Å². The second kappa shape index (κ2) is 9.88. The van der Waals surface area contributed by atoms with Gasteiger partial charge in [-0.25, -0.2) is 9.71 Å².